The minimum atomic E-state index is -1.60. The zero-order valence-electron chi connectivity index (χ0n) is 15.6. The summed E-state index contributed by atoms with van der Waals surface area (Å²) in [5.74, 6) is -0.771. The molecule has 0 saturated carbocycles. The normalized spacial score (nSPS) is 11.0. The van der Waals surface area contributed by atoms with E-state index in [1.54, 1.807) is 30.3 Å². The summed E-state index contributed by atoms with van der Waals surface area (Å²) in [5, 5.41) is 30.6. The zero-order chi connectivity index (χ0) is 20.7. The fourth-order valence-electron chi connectivity index (χ4n) is 2.57. The standard InChI is InChI=1S/C20H23NO7/c1-27-16-9-15(19(26)21-20(10-22,11-23)12-24)17(28-2)8-14(16)18(25)13-6-4-3-5-7-13/h3-9,22-24H,10-12H2,1-2H3,(H,21,26). The van der Waals surface area contributed by atoms with Gasteiger partial charge in [-0.2, -0.15) is 0 Å². The van der Waals surface area contributed by atoms with Gasteiger partial charge in [-0.05, 0) is 12.1 Å². The van der Waals surface area contributed by atoms with E-state index in [1.165, 1.54) is 26.4 Å². The third-order valence-corrected chi connectivity index (χ3v) is 4.33. The molecular formula is C20H23NO7. The molecule has 0 spiro atoms. The lowest BCUT2D eigenvalue weighted by atomic mass is 9.98. The SMILES string of the molecule is COc1cc(C(=O)c2ccccc2)c(OC)cc1C(=O)NC(CO)(CO)CO. The van der Waals surface area contributed by atoms with Crippen LogP contribution in [0.25, 0.3) is 0 Å². The molecule has 1 amide bonds. The molecule has 0 aliphatic rings. The Hall–Kier alpha value is -2.94. The molecule has 0 aliphatic carbocycles. The lowest BCUT2D eigenvalue weighted by Crippen LogP contribution is -2.57. The first-order chi connectivity index (χ1) is 13.4. The van der Waals surface area contributed by atoms with Crippen molar-refractivity contribution < 1.29 is 34.4 Å². The van der Waals surface area contributed by atoms with E-state index >= 15 is 0 Å². The first-order valence-electron chi connectivity index (χ1n) is 8.46. The second kappa shape index (κ2) is 9.32. The average Bonchev–Trinajstić information content (AvgIpc) is 2.76. The number of nitrogens with one attached hydrogen (secondary N) is 1. The quantitative estimate of drug-likeness (QED) is 0.457. The Morgan fingerprint density at radius 1 is 0.893 bits per heavy atom. The van der Waals surface area contributed by atoms with Crippen LogP contribution in [-0.2, 0) is 0 Å². The maximum absolute atomic E-state index is 12.8. The third-order valence-electron chi connectivity index (χ3n) is 4.33. The maximum atomic E-state index is 12.8. The van der Waals surface area contributed by atoms with Gasteiger partial charge in [-0.15, -0.1) is 0 Å². The minimum Gasteiger partial charge on any atom is -0.496 e. The molecule has 0 unspecified atom stereocenters. The summed E-state index contributed by atoms with van der Waals surface area (Å²) in [6, 6.07) is 11.3. The largest absolute Gasteiger partial charge is 0.496 e. The van der Waals surface area contributed by atoms with Gasteiger partial charge >= 0.3 is 0 Å². The molecule has 0 heterocycles. The van der Waals surface area contributed by atoms with Gasteiger partial charge < -0.3 is 30.1 Å². The van der Waals surface area contributed by atoms with E-state index in [0.717, 1.165) is 0 Å². The molecule has 0 atom stereocenters. The van der Waals surface area contributed by atoms with E-state index in [4.69, 9.17) is 9.47 Å². The average molecular weight is 389 g/mol. The molecule has 2 aromatic rings. The van der Waals surface area contributed by atoms with Gasteiger partial charge in [0.2, 0.25) is 0 Å². The zero-order valence-corrected chi connectivity index (χ0v) is 15.6. The fraction of sp³-hybridized carbons (Fsp3) is 0.300. The second-order valence-electron chi connectivity index (χ2n) is 6.16. The van der Waals surface area contributed by atoms with Crippen LogP contribution in [0.1, 0.15) is 26.3 Å². The van der Waals surface area contributed by atoms with Crippen LogP contribution >= 0.6 is 0 Å². The molecule has 8 heteroatoms. The van der Waals surface area contributed by atoms with Crippen LogP contribution in [0.2, 0.25) is 0 Å². The van der Waals surface area contributed by atoms with E-state index in [9.17, 15) is 24.9 Å². The van der Waals surface area contributed by atoms with Gasteiger partial charge in [0.15, 0.2) is 5.78 Å². The molecule has 0 radical (unpaired) electrons. The lowest BCUT2D eigenvalue weighted by Gasteiger charge is -2.29. The molecule has 28 heavy (non-hydrogen) atoms. The van der Waals surface area contributed by atoms with Crippen LogP contribution in [0.4, 0.5) is 0 Å². The number of carbonyl (C=O) groups is 2. The van der Waals surface area contributed by atoms with Crippen LogP contribution in [-0.4, -0.2) is 66.6 Å². The molecule has 4 N–H and O–H groups in total. The van der Waals surface area contributed by atoms with E-state index in [-0.39, 0.29) is 28.4 Å². The van der Waals surface area contributed by atoms with Gasteiger partial charge in [0.1, 0.15) is 17.0 Å². The summed E-state index contributed by atoms with van der Waals surface area (Å²) < 4.78 is 10.5. The van der Waals surface area contributed by atoms with Crippen molar-refractivity contribution in [3.05, 3.63) is 59.2 Å². The van der Waals surface area contributed by atoms with Gasteiger partial charge in [-0.3, -0.25) is 9.59 Å². The topological polar surface area (TPSA) is 125 Å². The Morgan fingerprint density at radius 2 is 1.39 bits per heavy atom. The Bertz CT molecular complexity index is 824. The number of benzene rings is 2. The first-order valence-corrected chi connectivity index (χ1v) is 8.46. The van der Waals surface area contributed by atoms with E-state index < -0.39 is 31.3 Å². The molecule has 150 valence electrons. The van der Waals surface area contributed by atoms with Crippen molar-refractivity contribution >= 4 is 11.7 Å². The van der Waals surface area contributed by atoms with Crippen molar-refractivity contribution in [2.75, 3.05) is 34.0 Å². The molecule has 0 aliphatic heterocycles. The number of rotatable bonds is 9. The van der Waals surface area contributed by atoms with E-state index in [1.807, 2.05) is 0 Å². The van der Waals surface area contributed by atoms with Gasteiger partial charge in [0, 0.05) is 5.56 Å². The molecule has 0 saturated heterocycles. The fourth-order valence-corrected chi connectivity index (χ4v) is 2.57. The maximum Gasteiger partial charge on any atom is 0.255 e. The van der Waals surface area contributed by atoms with Gasteiger partial charge in [-0.1, -0.05) is 30.3 Å². The first kappa shape index (κ1) is 21.4. The summed E-state index contributed by atoms with van der Waals surface area (Å²) in [4.78, 5) is 25.5. The van der Waals surface area contributed by atoms with Crippen LogP contribution in [0, 0.1) is 0 Å². The van der Waals surface area contributed by atoms with Gasteiger partial charge in [-0.25, -0.2) is 0 Å². The Morgan fingerprint density at radius 3 is 1.89 bits per heavy atom. The number of ketones is 1. The second-order valence-corrected chi connectivity index (χ2v) is 6.16. The van der Waals surface area contributed by atoms with Crippen molar-refractivity contribution in [3.63, 3.8) is 0 Å². The summed E-state index contributed by atoms with van der Waals surface area (Å²) >= 11 is 0. The number of methoxy groups -OCH3 is 2. The Kier molecular flexibility index (Phi) is 7.11. The van der Waals surface area contributed by atoms with Crippen molar-refractivity contribution in [3.8, 4) is 11.5 Å². The molecule has 0 fully saturated rings. The highest BCUT2D eigenvalue weighted by atomic mass is 16.5. The van der Waals surface area contributed by atoms with Gasteiger partial charge in [0.05, 0.1) is 45.2 Å². The number of amides is 1. The van der Waals surface area contributed by atoms with Crippen molar-refractivity contribution in [1.82, 2.24) is 5.32 Å². The summed E-state index contributed by atoms with van der Waals surface area (Å²) in [7, 11) is 2.71. The lowest BCUT2D eigenvalue weighted by molar-refractivity contribution is 0.0374. The van der Waals surface area contributed by atoms with Crippen molar-refractivity contribution in [2.45, 2.75) is 5.54 Å². The number of aliphatic hydroxyl groups is 3. The van der Waals surface area contributed by atoms with E-state index in [0.29, 0.717) is 5.56 Å². The Labute approximate surface area is 162 Å². The van der Waals surface area contributed by atoms with Crippen LogP contribution in [0.15, 0.2) is 42.5 Å². The summed E-state index contributed by atoms with van der Waals surface area (Å²) in [6.45, 7) is -2.01. The summed E-state index contributed by atoms with van der Waals surface area (Å²) in [6.07, 6.45) is 0. The van der Waals surface area contributed by atoms with E-state index in [2.05, 4.69) is 5.32 Å². The highest BCUT2D eigenvalue weighted by Gasteiger charge is 2.32. The third kappa shape index (κ3) is 4.30. The number of hydrogen-bond donors (Lipinski definition) is 4. The minimum absolute atomic E-state index is 0.0173. The number of hydrogen-bond acceptors (Lipinski definition) is 7. The van der Waals surface area contributed by atoms with Crippen LogP contribution < -0.4 is 14.8 Å². The smallest absolute Gasteiger partial charge is 0.255 e. The summed E-state index contributed by atoms with van der Waals surface area (Å²) in [5.41, 5.74) is -0.933. The number of ether oxygens (including phenoxy) is 2. The highest BCUT2D eigenvalue weighted by molar-refractivity contribution is 6.12. The molecule has 2 aromatic carbocycles. The number of carbonyl (C=O) groups excluding carboxylic acids is 2. The molecule has 0 bridgehead atoms. The van der Waals surface area contributed by atoms with Crippen molar-refractivity contribution in [1.29, 1.82) is 0 Å². The molecular weight excluding hydrogens is 366 g/mol. The van der Waals surface area contributed by atoms with Crippen LogP contribution in [0.3, 0.4) is 0 Å². The predicted octanol–water partition coefficient (Wildman–Crippen LogP) is 0.380. The molecule has 8 nitrogen and oxygen atoms in total. The highest BCUT2D eigenvalue weighted by Crippen LogP contribution is 2.31. The molecule has 0 aromatic heterocycles. The predicted molar refractivity (Wildman–Crippen MR) is 101 cm³/mol. The number of aliphatic hydroxyl groups excluding tert-OH is 3. The molecule has 2 rings (SSSR count). The van der Waals surface area contributed by atoms with Gasteiger partial charge in [0.25, 0.3) is 5.91 Å². The van der Waals surface area contributed by atoms with Crippen LogP contribution in [0.5, 0.6) is 11.5 Å². The Balaban J connectivity index is 2.48. The monoisotopic (exact) mass is 389 g/mol. The van der Waals surface area contributed by atoms with Crippen molar-refractivity contribution in [2.24, 2.45) is 0 Å².